The average Bonchev–Trinajstić information content (AvgIpc) is 3.03. The summed E-state index contributed by atoms with van der Waals surface area (Å²) in [6, 6.07) is 5.13. The van der Waals surface area contributed by atoms with Crippen molar-refractivity contribution in [1.82, 2.24) is 4.90 Å². The van der Waals surface area contributed by atoms with Crippen LogP contribution in [0.3, 0.4) is 0 Å². The van der Waals surface area contributed by atoms with Crippen LogP contribution in [0.4, 0.5) is 5.69 Å². The van der Waals surface area contributed by atoms with Crippen molar-refractivity contribution in [2.75, 3.05) is 26.4 Å². The number of nitrogen functional groups attached to an aromatic ring is 1. The predicted octanol–water partition coefficient (Wildman–Crippen LogP) is 2.01. The third kappa shape index (κ3) is 2.58. The zero-order valence-corrected chi connectivity index (χ0v) is 11.1. The highest BCUT2D eigenvalue weighted by molar-refractivity contribution is 5.97. The summed E-state index contributed by atoms with van der Waals surface area (Å²) in [7, 11) is 3.39. The van der Waals surface area contributed by atoms with Gasteiger partial charge in [0.15, 0.2) is 0 Å². The minimum absolute atomic E-state index is 0.00838. The average molecular weight is 248 g/mol. The summed E-state index contributed by atoms with van der Waals surface area (Å²) in [5, 5.41) is 0. The normalized spacial score (nSPS) is 21.5. The van der Waals surface area contributed by atoms with Crippen LogP contribution in [0.1, 0.15) is 23.7 Å². The summed E-state index contributed by atoms with van der Waals surface area (Å²) in [6.07, 6.45) is 1.22. The van der Waals surface area contributed by atoms with Crippen LogP contribution in [0.25, 0.3) is 0 Å². The van der Waals surface area contributed by atoms with Crippen molar-refractivity contribution >= 4 is 11.6 Å². The number of carbonyl (C=O) groups excluding carboxylic acids is 1. The molecule has 0 saturated heterocycles. The third-order valence-electron chi connectivity index (χ3n) is 3.59. The largest absolute Gasteiger partial charge is 0.496 e. The second kappa shape index (κ2) is 4.88. The lowest BCUT2D eigenvalue weighted by molar-refractivity contribution is 0.0783. The van der Waals surface area contributed by atoms with Gasteiger partial charge in [-0.3, -0.25) is 4.79 Å². The molecule has 0 heterocycles. The molecule has 0 radical (unpaired) electrons. The SMILES string of the molecule is COc1cc(N)ccc1C(=O)N(C)CC1CC1C. The minimum atomic E-state index is -0.00838. The van der Waals surface area contributed by atoms with Crippen LogP contribution in [0.15, 0.2) is 18.2 Å². The van der Waals surface area contributed by atoms with Crippen molar-refractivity contribution in [3.05, 3.63) is 23.8 Å². The van der Waals surface area contributed by atoms with Gasteiger partial charge >= 0.3 is 0 Å². The predicted molar refractivity (Wildman–Crippen MR) is 71.6 cm³/mol. The Morgan fingerprint density at radius 2 is 2.22 bits per heavy atom. The smallest absolute Gasteiger partial charge is 0.257 e. The van der Waals surface area contributed by atoms with Crippen LogP contribution in [-0.2, 0) is 0 Å². The number of amides is 1. The number of benzene rings is 1. The first kappa shape index (κ1) is 12.7. The molecule has 1 aliphatic rings. The highest BCUT2D eigenvalue weighted by atomic mass is 16.5. The summed E-state index contributed by atoms with van der Waals surface area (Å²) >= 11 is 0. The topological polar surface area (TPSA) is 55.6 Å². The van der Waals surface area contributed by atoms with E-state index in [1.54, 1.807) is 30.2 Å². The number of carbonyl (C=O) groups is 1. The maximum Gasteiger partial charge on any atom is 0.257 e. The van der Waals surface area contributed by atoms with Crippen LogP contribution in [-0.4, -0.2) is 31.5 Å². The zero-order chi connectivity index (χ0) is 13.3. The number of anilines is 1. The molecule has 1 amide bonds. The first-order valence-corrected chi connectivity index (χ1v) is 6.22. The number of rotatable bonds is 4. The molecule has 4 nitrogen and oxygen atoms in total. The van der Waals surface area contributed by atoms with E-state index in [1.165, 1.54) is 6.42 Å². The van der Waals surface area contributed by atoms with Gasteiger partial charge in [0, 0.05) is 25.3 Å². The molecule has 0 aromatic heterocycles. The van der Waals surface area contributed by atoms with Crippen LogP contribution in [0.2, 0.25) is 0 Å². The molecule has 1 saturated carbocycles. The highest BCUT2D eigenvalue weighted by Gasteiger charge is 2.34. The molecule has 1 aliphatic carbocycles. The first-order valence-electron chi connectivity index (χ1n) is 6.22. The minimum Gasteiger partial charge on any atom is -0.496 e. The molecule has 98 valence electrons. The van der Waals surface area contributed by atoms with E-state index in [-0.39, 0.29) is 5.91 Å². The van der Waals surface area contributed by atoms with E-state index in [0.29, 0.717) is 22.9 Å². The molecule has 2 unspecified atom stereocenters. The van der Waals surface area contributed by atoms with Gasteiger partial charge in [-0.05, 0) is 30.4 Å². The number of hydrogen-bond donors (Lipinski definition) is 1. The summed E-state index contributed by atoms with van der Waals surface area (Å²) < 4.78 is 5.21. The molecule has 0 bridgehead atoms. The first-order chi connectivity index (χ1) is 8.52. The maximum absolute atomic E-state index is 12.3. The van der Waals surface area contributed by atoms with E-state index in [0.717, 1.165) is 12.5 Å². The number of ether oxygens (including phenoxy) is 1. The van der Waals surface area contributed by atoms with E-state index in [2.05, 4.69) is 6.92 Å². The Hall–Kier alpha value is -1.71. The Balaban J connectivity index is 2.12. The van der Waals surface area contributed by atoms with Gasteiger partial charge in [0.2, 0.25) is 0 Å². The van der Waals surface area contributed by atoms with Crippen LogP contribution < -0.4 is 10.5 Å². The Bertz CT molecular complexity index is 459. The van der Waals surface area contributed by atoms with Gasteiger partial charge in [0.25, 0.3) is 5.91 Å². The summed E-state index contributed by atoms with van der Waals surface area (Å²) in [5.41, 5.74) is 6.85. The molecule has 1 aromatic carbocycles. The van der Waals surface area contributed by atoms with Gasteiger partial charge in [0.1, 0.15) is 5.75 Å². The zero-order valence-electron chi connectivity index (χ0n) is 11.1. The fourth-order valence-electron chi connectivity index (χ4n) is 2.18. The molecule has 1 aromatic rings. The van der Waals surface area contributed by atoms with Crippen molar-refractivity contribution < 1.29 is 9.53 Å². The Kier molecular flexibility index (Phi) is 3.45. The van der Waals surface area contributed by atoms with Gasteiger partial charge in [-0.2, -0.15) is 0 Å². The third-order valence-corrected chi connectivity index (χ3v) is 3.59. The molecular weight excluding hydrogens is 228 g/mol. The molecular formula is C14H20N2O2. The molecule has 18 heavy (non-hydrogen) atoms. The second-order valence-corrected chi connectivity index (χ2v) is 5.12. The lowest BCUT2D eigenvalue weighted by Gasteiger charge is -2.18. The summed E-state index contributed by atoms with van der Waals surface area (Å²) in [6.45, 7) is 3.03. The van der Waals surface area contributed by atoms with Crippen molar-refractivity contribution in [1.29, 1.82) is 0 Å². The molecule has 1 fully saturated rings. The number of nitrogens with two attached hydrogens (primary N) is 1. The Morgan fingerprint density at radius 3 is 2.78 bits per heavy atom. The van der Waals surface area contributed by atoms with E-state index in [1.807, 2.05) is 7.05 Å². The van der Waals surface area contributed by atoms with E-state index >= 15 is 0 Å². The highest BCUT2D eigenvalue weighted by Crippen LogP contribution is 2.38. The Morgan fingerprint density at radius 1 is 1.56 bits per heavy atom. The summed E-state index contributed by atoms with van der Waals surface area (Å²) in [5.74, 6) is 1.92. The summed E-state index contributed by atoms with van der Waals surface area (Å²) in [4.78, 5) is 14.1. The number of methoxy groups -OCH3 is 1. The van der Waals surface area contributed by atoms with E-state index in [9.17, 15) is 4.79 Å². The lowest BCUT2D eigenvalue weighted by Crippen LogP contribution is -2.29. The van der Waals surface area contributed by atoms with Gasteiger partial charge < -0.3 is 15.4 Å². The van der Waals surface area contributed by atoms with Crippen molar-refractivity contribution in [2.24, 2.45) is 11.8 Å². The van der Waals surface area contributed by atoms with Gasteiger partial charge in [-0.15, -0.1) is 0 Å². The molecule has 2 N–H and O–H groups in total. The fraction of sp³-hybridized carbons (Fsp3) is 0.500. The molecule has 0 spiro atoms. The number of nitrogens with zero attached hydrogens (tertiary/aromatic N) is 1. The van der Waals surface area contributed by atoms with Crippen molar-refractivity contribution in [3.8, 4) is 5.75 Å². The van der Waals surface area contributed by atoms with Crippen LogP contribution in [0, 0.1) is 11.8 Å². The molecule has 0 aliphatic heterocycles. The van der Waals surface area contributed by atoms with Gasteiger partial charge in [-0.25, -0.2) is 0 Å². The monoisotopic (exact) mass is 248 g/mol. The van der Waals surface area contributed by atoms with Crippen LogP contribution >= 0.6 is 0 Å². The Labute approximate surface area is 108 Å². The molecule has 2 rings (SSSR count). The fourth-order valence-corrected chi connectivity index (χ4v) is 2.18. The van der Waals surface area contributed by atoms with Crippen molar-refractivity contribution in [3.63, 3.8) is 0 Å². The second-order valence-electron chi connectivity index (χ2n) is 5.12. The molecule has 2 atom stereocenters. The number of hydrogen-bond acceptors (Lipinski definition) is 3. The van der Waals surface area contributed by atoms with Crippen LogP contribution in [0.5, 0.6) is 5.75 Å². The molecule has 4 heteroatoms. The maximum atomic E-state index is 12.3. The van der Waals surface area contributed by atoms with E-state index in [4.69, 9.17) is 10.5 Å². The standard InChI is InChI=1S/C14H20N2O2/c1-9-6-10(9)8-16(2)14(17)12-5-4-11(15)7-13(12)18-3/h4-5,7,9-10H,6,8,15H2,1-3H3. The quantitative estimate of drug-likeness (QED) is 0.829. The van der Waals surface area contributed by atoms with Gasteiger partial charge in [-0.1, -0.05) is 6.92 Å². The van der Waals surface area contributed by atoms with Gasteiger partial charge in [0.05, 0.1) is 12.7 Å². The van der Waals surface area contributed by atoms with Crippen molar-refractivity contribution in [2.45, 2.75) is 13.3 Å². The van der Waals surface area contributed by atoms with E-state index < -0.39 is 0 Å². The lowest BCUT2D eigenvalue weighted by atomic mass is 10.1.